The Hall–Kier alpha value is -4.42. The van der Waals surface area contributed by atoms with Crippen molar-refractivity contribution in [1.29, 1.82) is 0 Å². The highest BCUT2D eigenvalue weighted by Crippen LogP contribution is 2.37. The molecule has 0 fully saturated rings. The van der Waals surface area contributed by atoms with E-state index in [1.54, 1.807) is 36.4 Å². The van der Waals surface area contributed by atoms with Crippen molar-refractivity contribution in [3.05, 3.63) is 71.8 Å². The first kappa shape index (κ1) is 24.7. The van der Waals surface area contributed by atoms with Crippen LogP contribution in [0.2, 0.25) is 0 Å². The van der Waals surface area contributed by atoms with Gasteiger partial charge in [-0.15, -0.1) is 5.11 Å². The van der Waals surface area contributed by atoms with Gasteiger partial charge in [-0.3, -0.25) is 4.79 Å². The van der Waals surface area contributed by atoms with Crippen molar-refractivity contribution in [3.63, 3.8) is 0 Å². The second kappa shape index (κ2) is 10.1. The fourth-order valence-corrected chi connectivity index (χ4v) is 4.10. The van der Waals surface area contributed by atoms with Gasteiger partial charge in [0.15, 0.2) is 5.69 Å². The highest BCUT2D eigenvalue weighted by atomic mass is 32.2. The van der Waals surface area contributed by atoms with Gasteiger partial charge in [-0.25, -0.2) is 13.6 Å². The molecule has 0 radical (unpaired) electrons. The molecule has 1 aromatic heterocycles. The van der Waals surface area contributed by atoms with Gasteiger partial charge < -0.3 is 24.9 Å². The van der Waals surface area contributed by atoms with Crippen LogP contribution in [0.3, 0.4) is 0 Å². The van der Waals surface area contributed by atoms with Crippen LogP contribution in [-0.2, 0) is 16.6 Å². The minimum absolute atomic E-state index is 0.0576. The number of nitrogens with two attached hydrogens (primary N) is 1. The summed E-state index contributed by atoms with van der Waals surface area (Å²) in [5.41, 5.74) is 2.05. The number of carbonyl (C=O) groups excluding carboxylic acids is 1. The molecule has 12 heteroatoms. The molecule has 0 atom stereocenters. The van der Waals surface area contributed by atoms with Crippen molar-refractivity contribution in [2.45, 2.75) is 11.4 Å². The maximum absolute atomic E-state index is 12.9. The van der Waals surface area contributed by atoms with E-state index in [9.17, 15) is 18.3 Å². The third kappa shape index (κ3) is 5.14. The number of rotatable bonds is 8. The van der Waals surface area contributed by atoms with Crippen LogP contribution >= 0.6 is 0 Å². The number of methoxy groups -OCH3 is 2. The summed E-state index contributed by atoms with van der Waals surface area (Å²) in [6.45, 7) is 0.170. The van der Waals surface area contributed by atoms with Crippen LogP contribution in [0.25, 0.3) is 10.9 Å². The SMILES string of the molecule is COc1cccc(OC)c1CNC(=O)c1ccc2[nH]c(O)c(N=Nc3ccc(S(N)(=O)=O)cc3)c2c1. The summed E-state index contributed by atoms with van der Waals surface area (Å²) in [5, 5.41) is 26.9. The number of amides is 1. The van der Waals surface area contributed by atoms with E-state index in [4.69, 9.17) is 14.6 Å². The van der Waals surface area contributed by atoms with Gasteiger partial charge in [-0.2, -0.15) is 5.11 Å². The number of aromatic nitrogens is 1. The number of nitrogens with one attached hydrogen (secondary N) is 2. The molecule has 0 bridgehead atoms. The minimum Gasteiger partial charge on any atom is -0.496 e. The number of fused-ring (bicyclic) bond motifs is 1. The van der Waals surface area contributed by atoms with Gasteiger partial charge in [-0.05, 0) is 54.6 Å². The molecule has 0 aliphatic heterocycles. The van der Waals surface area contributed by atoms with Crippen molar-refractivity contribution in [2.75, 3.05) is 14.2 Å². The summed E-state index contributed by atoms with van der Waals surface area (Å²) in [6.07, 6.45) is 0. The van der Waals surface area contributed by atoms with Crippen LogP contribution in [0, 0.1) is 0 Å². The van der Waals surface area contributed by atoms with Crippen molar-refractivity contribution in [1.82, 2.24) is 10.3 Å². The third-order valence-electron chi connectivity index (χ3n) is 5.40. The van der Waals surface area contributed by atoms with Crippen molar-refractivity contribution < 1.29 is 27.8 Å². The Labute approximate surface area is 206 Å². The van der Waals surface area contributed by atoms with E-state index in [1.165, 1.54) is 38.5 Å². The first-order valence-electron chi connectivity index (χ1n) is 10.6. The number of H-pyrrole nitrogens is 1. The van der Waals surface area contributed by atoms with E-state index in [0.717, 1.165) is 0 Å². The quantitative estimate of drug-likeness (QED) is 0.263. The standard InChI is InChI=1S/C24H23N5O6S/c1-34-20-4-3-5-21(35-2)18(20)13-26-23(30)14-6-11-19-17(12-14)22(24(31)27-19)29-28-15-7-9-16(10-8-15)36(25,32)33/h3-12,27,31H,13H2,1-2H3,(H,26,30)(H2,25,32,33). The molecule has 36 heavy (non-hydrogen) atoms. The number of aromatic hydroxyl groups is 1. The van der Waals surface area contributed by atoms with Crippen LogP contribution in [0.4, 0.5) is 11.4 Å². The number of carbonyl (C=O) groups is 1. The second-order valence-electron chi connectivity index (χ2n) is 7.65. The zero-order valence-electron chi connectivity index (χ0n) is 19.3. The maximum Gasteiger partial charge on any atom is 0.251 e. The minimum atomic E-state index is -3.83. The van der Waals surface area contributed by atoms with Gasteiger partial charge in [0.05, 0.1) is 42.4 Å². The molecule has 11 nitrogen and oxygen atoms in total. The van der Waals surface area contributed by atoms with E-state index in [1.807, 2.05) is 0 Å². The maximum atomic E-state index is 12.9. The normalized spacial score (nSPS) is 11.6. The first-order chi connectivity index (χ1) is 17.2. The van der Waals surface area contributed by atoms with Crippen LogP contribution in [0.1, 0.15) is 15.9 Å². The number of sulfonamides is 1. The molecule has 4 aromatic rings. The second-order valence-corrected chi connectivity index (χ2v) is 9.21. The van der Waals surface area contributed by atoms with Crippen LogP contribution in [-0.4, -0.2) is 38.6 Å². The fourth-order valence-electron chi connectivity index (χ4n) is 3.59. The van der Waals surface area contributed by atoms with E-state index in [0.29, 0.717) is 39.2 Å². The lowest BCUT2D eigenvalue weighted by molar-refractivity contribution is 0.0950. The monoisotopic (exact) mass is 509 g/mol. The first-order valence-corrected chi connectivity index (χ1v) is 12.1. The number of azo groups is 1. The summed E-state index contributed by atoms with van der Waals surface area (Å²) in [6, 6.07) is 15.7. The molecular weight excluding hydrogens is 486 g/mol. The molecular formula is C24H23N5O6S. The number of nitrogens with zero attached hydrogens (tertiary/aromatic N) is 2. The molecule has 3 aromatic carbocycles. The topological polar surface area (TPSA) is 168 Å². The summed E-state index contributed by atoms with van der Waals surface area (Å²) in [4.78, 5) is 15.6. The summed E-state index contributed by atoms with van der Waals surface area (Å²) in [5.74, 6) is 0.583. The number of primary sulfonamides is 1. The molecule has 0 unspecified atom stereocenters. The van der Waals surface area contributed by atoms with Crippen molar-refractivity contribution in [3.8, 4) is 17.4 Å². The Balaban J connectivity index is 1.58. The number of hydrogen-bond acceptors (Lipinski definition) is 8. The average molecular weight is 510 g/mol. The molecule has 0 aliphatic rings. The van der Waals surface area contributed by atoms with Gasteiger partial charge in [0.1, 0.15) is 11.5 Å². The van der Waals surface area contributed by atoms with Crippen LogP contribution in [0.15, 0.2) is 75.8 Å². The number of aromatic amines is 1. The zero-order valence-corrected chi connectivity index (χ0v) is 20.2. The van der Waals surface area contributed by atoms with Crippen LogP contribution < -0.4 is 19.9 Å². The van der Waals surface area contributed by atoms with E-state index < -0.39 is 10.0 Å². The molecule has 186 valence electrons. The molecule has 4 rings (SSSR count). The summed E-state index contributed by atoms with van der Waals surface area (Å²) in [7, 11) is -0.749. The van der Waals surface area contributed by atoms with E-state index in [-0.39, 0.29) is 28.9 Å². The lowest BCUT2D eigenvalue weighted by atomic mass is 10.1. The molecule has 1 amide bonds. The summed E-state index contributed by atoms with van der Waals surface area (Å²) < 4.78 is 33.5. The Bertz CT molecular complexity index is 1540. The predicted octanol–water partition coefficient (Wildman–Crippen LogP) is 3.88. The molecule has 0 saturated heterocycles. The molecule has 0 aliphatic carbocycles. The van der Waals surface area contributed by atoms with Gasteiger partial charge in [0, 0.05) is 10.9 Å². The average Bonchev–Trinajstić information content (AvgIpc) is 3.19. The molecule has 5 N–H and O–H groups in total. The molecule has 0 spiro atoms. The molecule has 1 heterocycles. The van der Waals surface area contributed by atoms with Gasteiger partial charge in [-0.1, -0.05) is 6.07 Å². The Morgan fingerprint density at radius 1 is 1.03 bits per heavy atom. The van der Waals surface area contributed by atoms with Gasteiger partial charge >= 0.3 is 0 Å². The lowest BCUT2D eigenvalue weighted by Crippen LogP contribution is -2.23. The van der Waals surface area contributed by atoms with Crippen molar-refractivity contribution in [2.24, 2.45) is 15.4 Å². The predicted molar refractivity (Wildman–Crippen MR) is 133 cm³/mol. The lowest BCUT2D eigenvalue weighted by Gasteiger charge is -2.13. The Morgan fingerprint density at radius 3 is 2.31 bits per heavy atom. The number of ether oxygens (including phenoxy) is 2. The largest absolute Gasteiger partial charge is 0.496 e. The van der Waals surface area contributed by atoms with E-state index in [2.05, 4.69) is 20.5 Å². The third-order valence-corrected chi connectivity index (χ3v) is 6.33. The van der Waals surface area contributed by atoms with Gasteiger partial charge in [0.2, 0.25) is 15.9 Å². The van der Waals surface area contributed by atoms with Crippen molar-refractivity contribution >= 4 is 38.2 Å². The summed E-state index contributed by atoms with van der Waals surface area (Å²) >= 11 is 0. The zero-order chi connectivity index (χ0) is 25.9. The Morgan fingerprint density at radius 2 is 1.69 bits per heavy atom. The van der Waals surface area contributed by atoms with E-state index >= 15 is 0 Å². The fraction of sp³-hybridized carbons (Fsp3) is 0.125. The van der Waals surface area contributed by atoms with Crippen LogP contribution in [0.5, 0.6) is 17.4 Å². The number of benzene rings is 3. The van der Waals surface area contributed by atoms with Gasteiger partial charge in [0.25, 0.3) is 5.91 Å². The molecule has 0 saturated carbocycles. The highest BCUT2D eigenvalue weighted by Gasteiger charge is 2.16. The Kier molecular flexibility index (Phi) is 6.90. The smallest absolute Gasteiger partial charge is 0.251 e. The highest BCUT2D eigenvalue weighted by molar-refractivity contribution is 7.89. The number of hydrogen-bond donors (Lipinski definition) is 4.